The maximum Gasteiger partial charge on any atom is 0.306 e. The SMILES string of the molecule is CCCC(=O)OC12CC3CC1CC3(O)C2. The summed E-state index contributed by atoms with van der Waals surface area (Å²) >= 11 is 0. The first kappa shape index (κ1) is 9.64. The van der Waals surface area contributed by atoms with Crippen LogP contribution in [0.25, 0.3) is 0 Å². The fraction of sp³-hybridized carbons (Fsp3) is 0.917. The number of carbonyl (C=O) groups is 1. The Morgan fingerprint density at radius 2 is 2.27 bits per heavy atom. The third-order valence-electron chi connectivity index (χ3n) is 4.64. The number of esters is 1. The third-order valence-corrected chi connectivity index (χ3v) is 4.64. The van der Waals surface area contributed by atoms with Crippen molar-refractivity contribution in [3.8, 4) is 0 Å². The van der Waals surface area contributed by atoms with Crippen LogP contribution in [0, 0.1) is 11.8 Å². The van der Waals surface area contributed by atoms with Gasteiger partial charge in [-0.15, -0.1) is 0 Å². The van der Waals surface area contributed by atoms with Crippen molar-refractivity contribution in [2.75, 3.05) is 0 Å². The van der Waals surface area contributed by atoms with Crippen molar-refractivity contribution in [3.05, 3.63) is 0 Å². The molecule has 4 aliphatic carbocycles. The lowest BCUT2D eigenvalue weighted by Crippen LogP contribution is -2.34. The van der Waals surface area contributed by atoms with E-state index >= 15 is 0 Å². The molecule has 0 spiro atoms. The molecule has 0 radical (unpaired) electrons. The number of carbonyl (C=O) groups excluding carboxylic acids is 1. The number of hydrogen-bond donors (Lipinski definition) is 1. The molecule has 4 rings (SSSR count). The molecule has 4 atom stereocenters. The zero-order chi connectivity index (χ0) is 10.7. The van der Waals surface area contributed by atoms with Crippen molar-refractivity contribution in [2.24, 2.45) is 11.8 Å². The van der Waals surface area contributed by atoms with E-state index in [2.05, 4.69) is 0 Å². The molecule has 0 amide bonds. The van der Waals surface area contributed by atoms with Crippen LogP contribution in [0.4, 0.5) is 0 Å². The van der Waals surface area contributed by atoms with E-state index in [1.54, 1.807) is 0 Å². The van der Waals surface area contributed by atoms with E-state index in [1.165, 1.54) is 0 Å². The van der Waals surface area contributed by atoms with E-state index in [0.29, 0.717) is 24.7 Å². The minimum absolute atomic E-state index is 0.0747. The van der Waals surface area contributed by atoms with Gasteiger partial charge in [-0.05, 0) is 31.6 Å². The fourth-order valence-corrected chi connectivity index (χ4v) is 4.09. The number of aliphatic hydroxyl groups is 1. The molecule has 0 aliphatic heterocycles. The molecule has 4 bridgehead atoms. The maximum absolute atomic E-state index is 11.5. The number of ether oxygens (including phenoxy) is 1. The number of hydrogen-bond acceptors (Lipinski definition) is 3. The smallest absolute Gasteiger partial charge is 0.306 e. The predicted octanol–water partition coefficient (Wildman–Crippen LogP) is 1.63. The van der Waals surface area contributed by atoms with Gasteiger partial charge in [0.25, 0.3) is 0 Å². The average Bonchev–Trinajstić information content (AvgIpc) is 2.70. The summed E-state index contributed by atoms with van der Waals surface area (Å²) in [7, 11) is 0. The highest BCUT2D eigenvalue weighted by molar-refractivity contribution is 5.70. The zero-order valence-electron chi connectivity index (χ0n) is 9.16. The standard InChI is InChI=1S/C12H18O3/c1-2-3-10(13)15-12-6-8-4-9(12)5-11(8,14)7-12/h8-9,14H,2-7H2,1H3. The summed E-state index contributed by atoms with van der Waals surface area (Å²) in [5, 5.41) is 10.3. The monoisotopic (exact) mass is 210 g/mol. The average molecular weight is 210 g/mol. The Hall–Kier alpha value is -0.570. The van der Waals surface area contributed by atoms with Gasteiger partial charge >= 0.3 is 5.97 Å². The van der Waals surface area contributed by atoms with E-state index in [1.807, 2.05) is 6.92 Å². The van der Waals surface area contributed by atoms with Crippen LogP contribution in [-0.2, 0) is 9.53 Å². The largest absolute Gasteiger partial charge is 0.459 e. The molecular weight excluding hydrogens is 192 g/mol. The van der Waals surface area contributed by atoms with E-state index in [0.717, 1.165) is 25.7 Å². The molecule has 3 heteroatoms. The first-order chi connectivity index (χ1) is 7.08. The molecule has 1 N–H and O–H groups in total. The van der Waals surface area contributed by atoms with E-state index in [9.17, 15) is 9.90 Å². The Labute approximate surface area is 89.8 Å². The highest BCUT2D eigenvalue weighted by atomic mass is 16.6. The van der Waals surface area contributed by atoms with Gasteiger partial charge in [-0.3, -0.25) is 4.79 Å². The van der Waals surface area contributed by atoms with Gasteiger partial charge in [-0.25, -0.2) is 0 Å². The summed E-state index contributed by atoms with van der Waals surface area (Å²) in [5.41, 5.74) is -0.761. The normalized spacial score (nSPS) is 50.3. The van der Waals surface area contributed by atoms with Gasteiger partial charge in [-0.1, -0.05) is 6.92 Å². The molecule has 0 aromatic carbocycles. The van der Waals surface area contributed by atoms with Crippen LogP contribution in [-0.4, -0.2) is 22.3 Å². The number of rotatable bonds is 3. The lowest BCUT2D eigenvalue weighted by Gasteiger charge is -2.28. The second-order valence-corrected chi connectivity index (χ2v) is 5.61. The second kappa shape index (κ2) is 2.76. The molecule has 4 unspecified atom stereocenters. The molecule has 4 aliphatic rings. The summed E-state index contributed by atoms with van der Waals surface area (Å²) in [4.78, 5) is 11.5. The lowest BCUT2D eigenvalue weighted by atomic mass is 9.94. The molecule has 0 aromatic rings. The van der Waals surface area contributed by atoms with Crippen LogP contribution in [0.15, 0.2) is 0 Å². The summed E-state index contributed by atoms with van der Waals surface area (Å²) < 4.78 is 5.65. The van der Waals surface area contributed by atoms with Crippen LogP contribution < -0.4 is 0 Å². The Morgan fingerprint density at radius 3 is 2.67 bits per heavy atom. The van der Waals surface area contributed by atoms with Crippen molar-refractivity contribution in [3.63, 3.8) is 0 Å². The highest BCUT2D eigenvalue weighted by Crippen LogP contribution is 2.68. The van der Waals surface area contributed by atoms with Crippen LogP contribution in [0.5, 0.6) is 0 Å². The van der Waals surface area contributed by atoms with Gasteiger partial charge in [0.05, 0.1) is 5.60 Å². The maximum atomic E-state index is 11.5. The van der Waals surface area contributed by atoms with Crippen molar-refractivity contribution in [2.45, 2.75) is 56.7 Å². The molecule has 15 heavy (non-hydrogen) atoms. The van der Waals surface area contributed by atoms with Crippen molar-refractivity contribution < 1.29 is 14.6 Å². The highest BCUT2D eigenvalue weighted by Gasteiger charge is 2.72. The summed E-state index contributed by atoms with van der Waals surface area (Å²) in [6.45, 7) is 1.98. The Morgan fingerprint density at radius 1 is 1.47 bits per heavy atom. The molecular formula is C12H18O3. The van der Waals surface area contributed by atoms with Gasteiger partial charge in [-0.2, -0.15) is 0 Å². The van der Waals surface area contributed by atoms with Crippen LogP contribution >= 0.6 is 0 Å². The summed E-state index contributed by atoms with van der Waals surface area (Å²) in [6, 6.07) is 0. The molecule has 4 saturated carbocycles. The van der Waals surface area contributed by atoms with Crippen LogP contribution in [0.3, 0.4) is 0 Å². The van der Waals surface area contributed by atoms with Crippen LogP contribution in [0.1, 0.15) is 45.4 Å². The van der Waals surface area contributed by atoms with E-state index in [-0.39, 0.29) is 11.6 Å². The topological polar surface area (TPSA) is 46.5 Å². The summed E-state index contributed by atoms with van der Waals surface area (Å²) in [5.74, 6) is 0.763. The first-order valence-electron chi connectivity index (χ1n) is 6.02. The van der Waals surface area contributed by atoms with Gasteiger partial charge in [0.1, 0.15) is 5.60 Å². The predicted molar refractivity (Wildman–Crippen MR) is 54.1 cm³/mol. The van der Waals surface area contributed by atoms with E-state index < -0.39 is 5.60 Å². The Balaban J connectivity index is 1.75. The fourth-order valence-electron chi connectivity index (χ4n) is 4.09. The van der Waals surface area contributed by atoms with Crippen molar-refractivity contribution in [1.29, 1.82) is 0 Å². The summed E-state index contributed by atoms with van der Waals surface area (Å²) in [6.07, 6.45) is 4.88. The molecule has 0 heterocycles. The minimum atomic E-state index is -0.489. The van der Waals surface area contributed by atoms with Crippen LogP contribution in [0.2, 0.25) is 0 Å². The lowest BCUT2D eigenvalue weighted by molar-refractivity contribution is -0.161. The third kappa shape index (κ3) is 1.13. The van der Waals surface area contributed by atoms with Gasteiger partial charge < -0.3 is 9.84 Å². The Bertz CT molecular complexity index is 314. The second-order valence-electron chi connectivity index (χ2n) is 5.61. The quantitative estimate of drug-likeness (QED) is 0.720. The molecule has 0 aromatic heterocycles. The first-order valence-corrected chi connectivity index (χ1v) is 6.02. The molecule has 4 fully saturated rings. The zero-order valence-corrected chi connectivity index (χ0v) is 9.16. The molecule has 84 valence electrons. The van der Waals surface area contributed by atoms with Gasteiger partial charge in [0.2, 0.25) is 0 Å². The van der Waals surface area contributed by atoms with E-state index in [4.69, 9.17) is 4.74 Å². The molecule has 0 saturated heterocycles. The van der Waals surface area contributed by atoms with Crippen molar-refractivity contribution in [1.82, 2.24) is 0 Å². The van der Waals surface area contributed by atoms with Gasteiger partial charge in [0.15, 0.2) is 0 Å². The van der Waals surface area contributed by atoms with Crippen molar-refractivity contribution >= 4 is 5.97 Å². The Kier molecular flexibility index (Phi) is 1.77. The minimum Gasteiger partial charge on any atom is -0.459 e. The molecule has 3 nitrogen and oxygen atoms in total. The van der Waals surface area contributed by atoms with Gasteiger partial charge in [0, 0.05) is 18.8 Å².